The number of rotatable bonds is 7. The lowest BCUT2D eigenvalue weighted by atomic mass is 10.2. The van der Waals surface area contributed by atoms with Crippen LogP contribution in [-0.2, 0) is 13.0 Å². The molecule has 0 amide bonds. The van der Waals surface area contributed by atoms with Crippen molar-refractivity contribution in [2.45, 2.75) is 19.9 Å². The molecule has 2 rings (SSSR count). The highest BCUT2D eigenvalue weighted by Gasteiger charge is 1.95. The van der Waals surface area contributed by atoms with Gasteiger partial charge in [0.1, 0.15) is 12.4 Å². The highest BCUT2D eigenvalue weighted by molar-refractivity contribution is 5.27. The lowest BCUT2D eigenvalue weighted by molar-refractivity contribution is 0.313. The average molecular weight is 256 g/mol. The lowest BCUT2D eigenvalue weighted by Gasteiger charge is -2.08. The van der Waals surface area contributed by atoms with E-state index in [1.807, 2.05) is 24.4 Å². The second-order valence-corrected chi connectivity index (χ2v) is 4.38. The molecule has 0 fully saturated rings. The summed E-state index contributed by atoms with van der Waals surface area (Å²) in [5, 5.41) is 3.33. The lowest BCUT2D eigenvalue weighted by Crippen LogP contribution is -2.20. The number of aromatic nitrogens is 1. The molecule has 0 unspecified atom stereocenters. The third kappa shape index (κ3) is 4.72. The number of benzene rings is 1. The van der Waals surface area contributed by atoms with Crippen LogP contribution in [0.3, 0.4) is 0 Å². The fourth-order valence-corrected chi connectivity index (χ4v) is 1.80. The van der Waals surface area contributed by atoms with Crippen LogP contribution >= 0.6 is 0 Å². The molecule has 1 heterocycles. The van der Waals surface area contributed by atoms with E-state index >= 15 is 0 Å². The molecule has 2 aromatic rings. The van der Waals surface area contributed by atoms with E-state index in [4.69, 9.17) is 4.74 Å². The van der Waals surface area contributed by atoms with Crippen molar-refractivity contribution in [2.24, 2.45) is 0 Å². The number of ether oxygens (including phenoxy) is 1. The normalized spacial score (nSPS) is 10.4. The Hall–Kier alpha value is -1.87. The first-order valence-electron chi connectivity index (χ1n) is 6.70. The van der Waals surface area contributed by atoms with E-state index in [1.165, 1.54) is 11.1 Å². The Bertz CT molecular complexity index is 468. The van der Waals surface area contributed by atoms with Gasteiger partial charge in [-0.1, -0.05) is 25.1 Å². The quantitative estimate of drug-likeness (QED) is 0.773. The van der Waals surface area contributed by atoms with E-state index in [2.05, 4.69) is 35.4 Å². The number of pyridine rings is 1. The van der Waals surface area contributed by atoms with Crippen molar-refractivity contribution in [1.29, 1.82) is 0 Å². The van der Waals surface area contributed by atoms with Gasteiger partial charge >= 0.3 is 0 Å². The molecule has 0 saturated carbocycles. The molecule has 3 heteroatoms. The van der Waals surface area contributed by atoms with Crippen molar-refractivity contribution < 1.29 is 4.74 Å². The average Bonchev–Trinajstić information content (AvgIpc) is 2.49. The molecule has 100 valence electrons. The summed E-state index contributed by atoms with van der Waals surface area (Å²) >= 11 is 0. The van der Waals surface area contributed by atoms with E-state index in [0.717, 1.165) is 25.3 Å². The highest BCUT2D eigenvalue weighted by Crippen LogP contribution is 2.12. The smallest absolute Gasteiger partial charge is 0.119 e. The first kappa shape index (κ1) is 13.6. The standard InChI is InChI=1S/C16H20N2O/c1-2-14-5-7-16(8-6-14)19-11-10-18-13-15-4-3-9-17-12-15/h3-9,12,18H,2,10-11,13H2,1H3. The van der Waals surface area contributed by atoms with Gasteiger partial charge in [0.2, 0.25) is 0 Å². The highest BCUT2D eigenvalue weighted by atomic mass is 16.5. The van der Waals surface area contributed by atoms with Crippen molar-refractivity contribution in [3.05, 3.63) is 59.9 Å². The maximum absolute atomic E-state index is 5.67. The largest absolute Gasteiger partial charge is 0.492 e. The SMILES string of the molecule is CCc1ccc(OCCNCc2cccnc2)cc1. The minimum Gasteiger partial charge on any atom is -0.492 e. The monoisotopic (exact) mass is 256 g/mol. The summed E-state index contributed by atoms with van der Waals surface area (Å²) in [6, 6.07) is 12.3. The molecule has 0 atom stereocenters. The summed E-state index contributed by atoms with van der Waals surface area (Å²) in [6.45, 7) is 4.47. The van der Waals surface area contributed by atoms with Crippen LogP contribution in [0.15, 0.2) is 48.8 Å². The van der Waals surface area contributed by atoms with Gasteiger partial charge in [-0.2, -0.15) is 0 Å². The first-order chi connectivity index (χ1) is 9.38. The zero-order valence-corrected chi connectivity index (χ0v) is 11.3. The Kier molecular flexibility index (Phi) is 5.38. The predicted molar refractivity (Wildman–Crippen MR) is 77.3 cm³/mol. The van der Waals surface area contributed by atoms with Gasteiger partial charge in [-0.3, -0.25) is 4.98 Å². The minimum absolute atomic E-state index is 0.672. The molecular formula is C16H20N2O. The maximum atomic E-state index is 5.67. The molecule has 0 aliphatic carbocycles. The van der Waals surface area contributed by atoms with Gasteiger partial charge in [-0.05, 0) is 35.7 Å². The Labute approximate surface area is 114 Å². The third-order valence-electron chi connectivity index (χ3n) is 2.93. The van der Waals surface area contributed by atoms with Crippen molar-refractivity contribution >= 4 is 0 Å². The number of hydrogen-bond acceptors (Lipinski definition) is 3. The first-order valence-corrected chi connectivity index (χ1v) is 6.70. The van der Waals surface area contributed by atoms with Crippen LogP contribution < -0.4 is 10.1 Å². The van der Waals surface area contributed by atoms with Crippen molar-refractivity contribution in [3.63, 3.8) is 0 Å². The van der Waals surface area contributed by atoms with E-state index in [0.29, 0.717) is 6.61 Å². The van der Waals surface area contributed by atoms with Crippen LogP contribution in [0.1, 0.15) is 18.1 Å². The molecule has 0 saturated heterocycles. The summed E-state index contributed by atoms with van der Waals surface area (Å²) in [7, 11) is 0. The molecule has 0 spiro atoms. The predicted octanol–water partition coefficient (Wildman–Crippen LogP) is 2.81. The van der Waals surface area contributed by atoms with Crippen LogP contribution in [0, 0.1) is 0 Å². The van der Waals surface area contributed by atoms with Crippen molar-refractivity contribution in [1.82, 2.24) is 10.3 Å². The molecule has 3 nitrogen and oxygen atoms in total. The molecular weight excluding hydrogens is 236 g/mol. The Balaban J connectivity index is 1.63. The van der Waals surface area contributed by atoms with Crippen LogP contribution in [-0.4, -0.2) is 18.1 Å². The van der Waals surface area contributed by atoms with Gasteiger partial charge in [0.25, 0.3) is 0 Å². The van der Waals surface area contributed by atoms with E-state index < -0.39 is 0 Å². The number of nitrogens with one attached hydrogen (secondary N) is 1. The third-order valence-corrected chi connectivity index (χ3v) is 2.93. The topological polar surface area (TPSA) is 34.1 Å². The van der Waals surface area contributed by atoms with Gasteiger partial charge in [-0.25, -0.2) is 0 Å². The second kappa shape index (κ2) is 7.54. The summed E-state index contributed by atoms with van der Waals surface area (Å²) in [5.41, 5.74) is 2.52. The van der Waals surface area contributed by atoms with Gasteiger partial charge in [0.05, 0.1) is 0 Å². The molecule has 1 aromatic heterocycles. The summed E-state index contributed by atoms with van der Waals surface area (Å²) in [5.74, 6) is 0.931. The molecule has 1 N–H and O–H groups in total. The maximum Gasteiger partial charge on any atom is 0.119 e. The van der Waals surface area contributed by atoms with Gasteiger partial charge < -0.3 is 10.1 Å². The van der Waals surface area contributed by atoms with Crippen LogP contribution in [0.25, 0.3) is 0 Å². The number of hydrogen-bond donors (Lipinski definition) is 1. The molecule has 0 radical (unpaired) electrons. The number of nitrogens with zero attached hydrogens (tertiary/aromatic N) is 1. The van der Waals surface area contributed by atoms with E-state index in [1.54, 1.807) is 6.20 Å². The fourth-order valence-electron chi connectivity index (χ4n) is 1.80. The molecule has 0 aliphatic rings. The van der Waals surface area contributed by atoms with Crippen molar-refractivity contribution in [3.8, 4) is 5.75 Å². The van der Waals surface area contributed by atoms with E-state index in [9.17, 15) is 0 Å². The van der Waals surface area contributed by atoms with Crippen LogP contribution in [0.2, 0.25) is 0 Å². The van der Waals surface area contributed by atoms with Crippen LogP contribution in [0.4, 0.5) is 0 Å². The van der Waals surface area contributed by atoms with E-state index in [-0.39, 0.29) is 0 Å². The Morgan fingerprint density at radius 1 is 1.11 bits per heavy atom. The van der Waals surface area contributed by atoms with Gasteiger partial charge in [0.15, 0.2) is 0 Å². The molecule has 0 aliphatic heterocycles. The Morgan fingerprint density at radius 2 is 1.95 bits per heavy atom. The molecule has 19 heavy (non-hydrogen) atoms. The minimum atomic E-state index is 0.672. The zero-order valence-electron chi connectivity index (χ0n) is 11.3. The Morgan fingerprint density at radius 3 is 2.63 bits per heavy atom. The molecule has 1 aromatic carbocycles. The zero-order chi connectivity index (χ0) is 13.3. The van der Waals surface area contributed by atoms with Gasteiger partial charge in [0, 0.05) is 25.5 Å². The van der Waals surface area contributed by atoms with Gasteiger partial charge in [-0.15, -0.1) is 0 Å². The summed E-state index contributed by atoms with van der Waals surface area (Å²) in [4.78, 5) is 4.08. The second-order valence-electron chi connectivity index (χ2n) is 4.38. The number of aryl methyl sites for hydroxylation is 1. The fraction of sp³-hybridized carbons (Fsp3) is 0.312. The van der Waals surface area contributed by atoms with Crippen LogP contribution in [0.5, 0.6) is 5.75 Å². The summed E-state index contributed by atoms with van der Waals surface area (Å²) in [6.07, 6.45) is 4.72. The van der Waals surface area contributed by atoms with Crippen molar-refractivity contribution in [2.75, 3.05) is 13.2 Å². The summed E-state index contributed by atoms with van der Waals surface area (Å²) < 4.78 is 5.67. The molecule has 0 bridgehead atoms.